The molecule has 0 spiro atoms. The number of ether oxygens (including phenoxy) is 2. The number of rotatable bonds is 12. The van der Waals surface area contributed by atoms with Crippen molar-refractivity contribution in [1.29, 1.82) is 0 Å². The summed E-state index contributed by atoms with van der Waals surface area (Å²) in [6, 6.07) is 8.05. The third-order valence-corrected chi connectivity index (χ3v) is 7.48. The van der Waals surface area contributed by atoms with Crippen LogP contribution in [-0.4, -0.2) is 38.2 Å². The molecule has 5 rings (SSSR count). The third-order valence-electron chi connectivity index (χ3n) is 7.48. The van der Waals surface area contributed by atoms with Crippen molar-refractivity contribution in [3.05, 3.63) is 35.4 Å². The van der Waals surface area contributed by atoms with Gasteiger partial charge in [-0.1, -0.05) is 24.3 Å². The molecule has 0 atom stereocenters. The van der Waals surface area contributed by atoms with E-state index in [0.717, 1.165) is 48.1 Å². The number of carbonyl (C=O) groups is 2. The average molecular weight is 443 g/mol. The summed E-state index contributed by atoms with van der Waals surface area (Å²) in [7, 11) is 0. The Kier molecular flexibility index (Phi) is 7.84. The molecular weight excluding hydrogens is 404 g/mol. The number of benzene rings is 1. The highest BCUT2D eigenvalue weighted by atomic mass is 16.5. The number of carbonyl (C=O) groups excluding carboxylic acids is 2. The standard InChI is InChI=1S/C26H38N2O4/c1-2-31-8-9-32-18-20-5-3-4-19(10-20)17-28-24(29)6-7-27-25(30)26-14-21-11-22(15-26)13-23(12-21)16-26/h3-5,10,21-23H,2,6-9,11-18H2,1H3,(H,27,30)(H,28,29). The molecule has 0 radical (unpaired) electrons. The van der Waals surface area contributed by atoms with Gasteiger partial charge in [-0.05, 0) is 74.3 Å². The fraction of sp³-hybridized carbons (Fsp3) is 0.692. The molecule has 176 valence electrons. The Bertz CT molecular complexity index is 759. The van der Waals surface area contributed by atoms with Crippen molar-refractivity contribution >= 4 is 11.8 Å². The first-order chi connectivity index (χ1) is 15.6. The molecule has 6 nitrogen and oxygen atoms in total. The summed E-state index contributed by atoms with van der Waals surface area (Å²) < 4.78 is 10.9. The SMILES string of the molecule is CCOCCOCc1cccc(CNC(=O)CCNC(=O)C23CC4CC(CC(C4)C2)C3)c1. The fourth-order valence-corrected chi connectivity index (χ4v) is 6.44. The third kappa shape index (κ3) is 5.90. The van der Waals surface area contributed by atoms with Crippen LogP contribution < -0.4 is 10.6 Å². The molecule has 0 aromatic heterocycles. The summed E-state index contributed by atoms with van der Waals surface area (Å²) in [4.78, 5) is 25.3. The maximum Gasteiger partial charge on any atom is 0.226 e. The maximum absolute atomic E-state index is 13.0. The van der Waals surface area contributed by atoms with Gasteiger partial charge in [-0.25, -0.2) is 0 Å². The Balaban J connectivity index is 1.14. The Morgan fingerprint density at radius 3 is 2.31 bits per heavy atom. The molecule has 4 aliphatic rings. The van der Waals surface area contributed by atoms with Crippen molar-refractivity contribution in [2.24, 2.45) is 23.2 Å². The molecule has 1 aromatic carbocycles. The summed E-state index contributed by atoms with van der Waals surface area (Å²) in [6.07, 6.45) is 7.48. The van der Waals surface area contributed by atoms with Crippen molar-refractivity contribution < 1.29 is 19.1 Å². The Morgan fingerprint density at radius 2 is 1.62 bits per heavy atom. The lowest BCUT2D eigenvalue weighted by molar-refractivity contribution is -0.146. The molecule has 6 heteroatoms. The van der Waals surface area contributed by atoms with Gasteiger partial charge in [-0.2, -0.15) is 0 Å². The van der Waals surface area contributed by atoms with Crippen molar-refractivity contribution in [1.82, 2.24) is 10.6 Å². The van der Waals surface area contributed by atoms with Gasteiger partial charge in [0.25, 0.3) is 0 Å². The number of hydrogen-bond acceptors (Lipinski definition) is 4. The molecule has 0 heterocycles. The second-order valence-corrected chi connectivity index (χ2v) is 10.0. The first kappa shape index (κ1) is 23.2. The first-order valence-corrected chi connectivity index (χ1v) is 12.3. The van der Waals surface area contributed by atoms with Gasteiger partial charge in [0.05, 0.1) is 19.8 Å². The second kappa shape index (κ2) is 10.8. The zero-order valence-electron chi connectivity index (χ0n) is 19.4. The van der Waals surface area contributed by atoms with Crippen LogP contribution in [0.25, 0.3) is 0 Å². The van der Waals surface area contributed by atoms with Gasteiger partial charge >= 0.3 is 0 Å². The summed E-state index contributed by atoms with van der Waals surface area (Å²) >= 11 is 0. The Hall–Kier alpha value is -1.92. The molecule has 0 saturated heterocycles. The van der Waals surface area contributed by atoms with Crippen LogP contribution in [0, 0.1) is 23.2 Å². The summed E-state index contributed by atoms with van der Waals surface area (Å²) in [5, 5.41) is 6.06. The predicted octanol–water partition coefficient (Wildman–Crippen LogP) is 3.58. The van der Waals surface area contributed by atoms with Crippen molar-refractivity contribution in [2.75, 3.05) is 26.4 Å². The molecule has 4 fully saturated rings. The Labute approximate surface area is 191 Å². The van der Waals surface area contributed by atoms with E-state index in [1.54, 1.807) is 0 Å². The number of amides is 2. The van der Waals surface area contributed by atoms with Crippen molar-refractivity contribution in [3.63, 3.8) is 0 Å². The topological polar surface area (TPSA) is 76.7 Å². The molecule has 1 aromatic rings. The van der Waals surface area contributed by atoms with Crippen LogP contribution in [0.15, 0.2) is 24.3 Å². The molecule has 4 saturated carbocycles. The van der Waals surface area contributed by atoms with E-state index in [1.165, 1.54) is 19.3 Å². The van der Waals surface area contributed by atoms with Crippen LogP contribution in [-0.2, 0) is 32.2 Å². The van der Waals surface area contributed by atoms with Gasteiger partial charge in [0, 0.05) is 31.5 Å². The van der Waals surface area contributed by atoms with E-state index in [4.69, 9.17) is 9.47 Å². The molecular formula is C26H38N2O4. The lowest BCUT2D eigenvalue weighted by atomic mass is 9.49. The minimum absolute atomic E-state index is 0.0332. The highest BCUT2D eigenvalue weighted by molar-refractivity contribution is 5.84. The predicted molar refractivity (Wildman–Crippen MR) is 123 cm³/mol. The zero-order chi connectivity index (χ0) is 22.4. The van der Waals surface area contributed by atoms with Gasteiger partial charge in [-0.3, -0.25) is 9.59 Å². The van der Waals surface area contributed by atoms with E-state index in [0.29, 0.717) is 45.9 Å². The van der Waals surface area contributed by atoms with E-state index < -0.39 is 0 Å². The molecule has 4 bridgehead atoms. The maximum atomic E-state index is 13.0. The highest BCUT2D eigenvalue weighted by Gasteiger charge is 2.54. The molecule has 0 aliphatic heterocycles. The second-order valence-electron chi connectivity index (χ2n) is 10.0. The molecule has 2 N–H and O–H groups in total. The number of hydrogen-bond donors (Lipinski definition) is 2. The van der Waals surface area contributed by atoms with E-state index in [-0.39, 0.29) is 17.2 Å². The van der Waals surface area contributed by atoms with Gasteiger partial charge in [0.2, 0.25) is 11.8 Å². The van der Waals surface area contributed by atoms with Crippen LogP contribution in [0.2, 0.25) is 0 Å². The van der Waals surface area contributed by atoms with Crippen LogP contribution >= 0.6 is 0 Å². The molecule has 2 amide bonds. The molecule has 4 aliphatic carbocycles. The van der Waals surface area contributed by atoms with Gasteiger partial charge in [0.1, 0.15) is 0 Å². The number of nitrogens with one attached hydrogen (secondary N) is 2. The van der Waals surface area contributed by atoms with E-state index in [2.05, 4.69) is 16.7 Å². The van der Waals surface area contributed by atoms with E-state index in [1.807, 2.05) is 25.1 Å². The van der Waals surface area contributed by atoms with Gasteiger partial charge in [0.15, 0.2) is 0 Å². The minimum Gasteiger partial charge on any atom is -0.379 e. The average Bonchev–Trinajstić information content (AvgIpc) is 2.77. The minimum atomic E-state index is -0.142. The zero-order valence-corrected chi connectivity index (χ0v) is 19.4. The largest absolute Gasteiger partial charge is 0.379 e. The molecule has 32 heavy (non-hydrogen) atoms. The fourth-order valence-electron chi connectivity index (χ4n) is 6.44. The first-order valence-electron chi connectivity index (χ1n) is 12.3. The van der Waals surface area contributed by atoms with E-state index in [9.17, 15) is 9.59 Å². The van der Waals surface area contributed by atoms with Crippen molar-refractivity contribution in [3.8, 4) is 0 Å². The normalized spacial score (nSPS) is 28.0. The quantitative estimate of drug-likeness (QED) is 0.485. The lowest BCUT2D eigenvalue weighted by Crippen LogP contribution is -2.53. The van der Waals surface area contributed by atoms with Gasteiger partial charge < -0.3 is 20.1 Å². The monoisotopic (exact) mass is 442 g/mol. The van der Waals surface area contributed by atoms with Crippen LogP contribution in [0.3, 0.4) is 0 Å². The summed E-state index contributed by atoms with van der Waals surface area (Å²) in [6.45, 7) is 5.27. The smallest absolute Gasteiger partial charge is 0.226 e. The highest BCUT2D eigenvalue weighted by Crippen LogP contribution is 2.60. The lowest BCUT2D eigenvalue weighted by Gasteiger charge is -2.55. The van der Waals surface area contributed by atoms with E-state index >= 15 is 0 Å². The summed E-state index contributed by atoms with van der Waals surface area (Å²) in [5.74, 6) is 2.42. The molecule has 0 unspecified atom stereocenters. The van der Waals surface area contributed by atoms with Gasteiger partial charge in [-0.15, -0.1) is 0 Å². The van der Waals surface area contributed by atoms with Crippen LogP contribution in [0.1, 0.15) is 63.0 Å². The van der Waals surface area contributed by atoms with Crippen LogP contribution in [0.5, 0.6) is 0 Å². The Morgan fingerprint density at radius 1 is 0.969 bits per heavy atom. The van der Waals surface area contributed by atoms with Crippen molar-refractivity contribution in [2.45, 2.75) is 65.0 Å². The van der Waals surface area contributed by atoms with Crippen LogP contribution in [0.4, 0.5) is 0 Å². The summed E-state index contributed by atoms with van der Waals surface area (Å²) in [5.41, 5.74) is 1.98.